The summed E-state index contributed by atoms with van der Waals surface area (Å²) in [5.74, 6) is -0.0805. The molecule has 1 rings (SSSR count). The number of carbonyl (C=O) groups is 3. The summed E-state index contributed by atoms with van der Waals surface area (Å²) in [6.07, 6.45) is 0.410. The highest BCUT2D eigenvalue weighted by molar-refractivity contribution is 6.27. The van der Waals surface area contributed by atoms with E-state index in [1.54, 1.807) is 25.1 Å². The third kappa shape index (κ3) is 10.1. The van der Waals surface area contributed by atoms with Crippen molar-refractivity contribution in [2.45, 2.75) is 41.0 Å². The molecule has 0 heterocycles. The van der Waals surface area contributed by atoms with Crippen molar-refractivity contribution < 1.29 is 19.1 Å². The largest absolute Gasteiger partial charge is 0.465 e. The van der Waals surface area contributed by atoms with Crippen LogP contribution in [0.1, 0.15) is 49.2 Å². The molecule has 0 unspecified atom stereocenters. The van der Waals surface area contributed by atoms with Crippen LogP contribution in [0.4, 0.5) is 0 Å². The zero-order valence-electron chi connectivity index (χ0n) is 14.2. The van der Waals surface area contributed by atoms with Crippen molar-refractivity contribution in [1.29, 1.82) is 0 Å². The molecule has 1 aromatic rings. The Kier molecular flexibility index (Phi) is 13.4. The van der Waals surface area contributed by atoms with Gasteiger partial charge in [-0.2, -0.15) is 0 Å². The third-order valence-electron chi connectivity index (χ3n) is 2.39. The molecule has 22 heavy (non-hydrogen) atoms. The summed E-state index contributed by atoms with van der Waals surface area (Å²) in [5.41, 5.74) is 2.41. The number of aryl methyl sites for hydroxylation is 1. The van der Waals surface area contributed by atoms with Gasteiger partial charge in [0.1, 0.15) is 11.6 Å². The Morgan fingerprint density at radius 1 is 1.09 bits per heavy atom. The lowest BCUT2D eigenvalue weighted by atomic mass is 10.0. The highest BCUT2D eigenvalue weighted by Crippen LogP contribution is 2.12. The smallest absolute Gasteiger partial charge is 0.337 e. The van der Waals surface area contributed by atoms with Crippen molar-refractivity contribution >= 4 is 29.1 Å². The summed E-state index contributed by atoms with van der Waals surface area (Å²) in [5, 5.41) is 0. The van der Waals surface area contributed by atoms with Gasteiger partial charge in [0.05, 0.1) is 18.6 Å². The van der Waals surface area contributed by atoms with E-state index in [1.807, 2.05) is 20.8 Å². The number of Topliss-reactive ketones (excluding diaryl/α,β-unsaturated/α-hetero) is 2. The van der Waals surface area contributed by atoms with Gasteiger partial charge in [-0.25, -0.2) is 4.79 Å². The number of rotatable bonds is 4. The van der Waals surface area contributed by atoms with Crippen LogP contribution in [0, 0.1) is 6.92 Å². The van der Waals surface area contributed by atoms with Crippen LogP contribution < -0.4 is 0 Å². The van der Waals surface area contributed by atoms with Gasteiger partial charge in [0.2, 0.25) is 0 Å². The SMILES string of the molecule is CC.CC(=O)CCl.COC(=O)c1ccc(CC(C)=O)c(C)c1. The summed E-state index contributed by atoms with van der Waals surface area (Å²) >= 11 is 4.99. The maximum Gasteiger partial charge on any atom is 0.337 e. The molecule has 0 aromatic heterocycles. The number of benzene rings is 1. The monoisotopic (exact) mass is 328 g/mol. The zero-order valence-corrected chi connectivity index (χ0v) is 14.9. The molecule has 0 aliphatic carbocycles. The van der Waals surface area contributed by atoms with Gasteiger partial charge in [0.25, 0.3) is 0 Å². The first-order valence-corrected chi connectivity index (χ1v) is 7.58. The average molecular weight is 329 g/mol. The maximum atomic E-state index is 11.2. The van der Waals surface area contributed by atoms with Crippen LogP contribution in [-0.2, 0) is 20.7 Å². The summed E-state index contributed by atoms with van der Waals surface area (Å²) in [6.45, 7) is 8.88. The lowest BCUT2D eigenvalue weighted by molar-refractivity contribution is -0.116. The van der Waals surface area contributed by atoms with E-state index in [4.69, 9.17) is 11.6 Å². The predicted molar refractivity (Wildman–Crippen MR) is 89.7 cm³/mol. The lowest BCUT2D eigenvalue weighted by Crippen LogP contribution is -2.04. The number of ether oxygens (including phenoxy) is 1. The van der Waals surface area contributed by atoms with Crippen molar-refractivity contribution in [3.63, 3.8) is 0 Å². The Bertz CT molecular complexity index is 495. The van der Waals surface area contributed by atoms with E-state index in [9.17, 15) is 14.4 Å². The Balaban J connectivity index is 0. The first-order valence-electron chi connectivity index (χ1n) is 7.04. The second-order valence-electron chi connectivity index (χ2n) is 4.35. The number of halogens is 1. The summed E-state index contributed by atoms with van der Waals surface area (Å²) in [6, 6.07) is 5.21. The van der Waals surface area contributed by atoms with E-state index in [-0.39, 0.29) is 23.4 Å². The molecule has 124 valence electrons. The first kappa shape index (κ1) is 22.6. The summed E-state index contributed by atoms with van der Waals surface area (Å²) in [7, 11) is 1.35. The molecule has 0 atom stereocenters. The minimum absolute atomic E-state index is 0.0201. The van der Waals surface area contributed by atoms with Crippen LogP contribution in [0.25, 0.3) is 0 Å². The molecule has 0 aliphatic heterocycles. The molecule has 5 heteroatoms. The van der Waals surface area contributed by atoms with Crippen molar-refractivity contribution in [3.05, 3.63) is 34.9 Å². The quantitative estimate of drug-likeness (QED) is 0.623. The topological polar surface area (TPSA) is 60.4 Å². The normalized spacial score (nSPS) is 8.68. The second kappa shape index (κ2) is 13.0. The van der Waals surface area contributed by atoms with Crippen molar-refractivity contribution in [3.8, 4) is 0 Å². The first-order chi connectivity index (χ1) is 10.3. The molecule has 0 N–H and O–H groups in total. The molecule has 0 saturated heterocycles. The van der Waals surface area contributed by atoms with Crippen LogP contribution in [0.3, 0.4) is 0 Å². The molecule has 0 spiro atoms. The molecular formula is C17H25ClO4. The Labute approximate surface area is 137 Å². The van der Waals surface area contributed by atoms with Crippen LogP contribution in [0.2, 0.25) is 0 Å². The number of hydrogen-bond acceptors (Lipinski definition) is 4. The van der Waals surface area contributed by atoms with Gasteiger partial charge in [-0.1, -0.05) is 19.9 Å². The zero-order chi connectivity index (χ0) is 17.7. The van der Waals surface area contributed by atoms with Crippen molar-refractivity contribution in [2.24, 2.45) is 0 Å². The van der Waals surface area contributed by atoms with Gasteiger partial charge in [0.15, 0.2) is 0 Å². The number of ketones is 2. The molecule has 0 bridgehead atoms. The lowest BCUT2D eigenvalue weighted by Gasteiger charge is -2.05. The van der Waals surface area contributed by atoms with Crippen LogP contribution in [-0.4, -0.2) is 30.5 Å². The van der Waals surface area contributed by atoms with E-state index in [2.05, 4.69) is 4.74 Å². The van der Waals surface area contributed by atoms with Crippen LogP contribution in [0.15, 0.2) is 18.2 Å². The second-order valence-corrected chi connectivity index (χ2v) is 4.61. The fraction of sp³-hybridized carbons (Fsp3) is 0.471. The van der Waals surface area contributed by atoms with Gasteiger partial charge in [0, 0.05) is 6.42 Å². The third-order valence-corrected chi connectivity index (χ3v) is 2.77. The molecular weight excluding hydrogens is 304 g/mol. The number of alkyl halides is 1. The number of esters is 1. The van der Waals surface area contributed by atoms with Crippen LogP contribution in [0.5, 0.6) is 0 Å². The highest BCUT2D eigenvalue weighted by Gasteiger charge is 2.08. The van der Waals surface area contributed by atoms with Gasteiger partial charge in [-0.05, 0) is 44.0 Å². The molecule has 0 saturated carbocycles. The minimum Gasteiger partial charge on any atom is -0.465 e. The predicted octanol–water partition coefficient (Wildman–Crippen LogP) is 3.75. The van der Waals surface area contributed by atoms with Gasteiger partial charge >= 0.3 is 5.97 Å². The fourth-order valence-electron chi connectivity index (χ4n) is 1.41. The summed E-state index contributed by atoms with van der Waals surface area (Å²) < 4.78 is 4.61. The minimum atomic E-state index is -0.354. The molecule has 0 amide bonds. The maximum absolute atomic E-state index is 11.2. The van der Waals surface area contributed by atoms with Crippen molar-refractivity contribution in [2.75, 3.05) is 13.0 Å². The van der Waals surface area contributed by atoms with Gasteiger partial charge in [-0.15, -0.1) is 11.6 Å². The molecule has 4 nitrogen and oxygen atoms in total. The number of methoxy groups -OCH3 is 1. The molecule has 0 fully saturated rings. The Morgan fingerprint density at radius 2 is 1.59 bits per heavy atom. The van der Waals surface area contributed by atoms with Gasteiger partial charge < -0.3 is 4.74 Å². The van der Waals surface area contributed by atoms with E-state index >= 15 is 0 Å². The number of hydrogen-bond donors (Lipinski definition) is 0. The van der Waals surface area contributed by atoms with Crippen LogP contribution >= 0.6 is 11.6 Å². The number of carbonyl (C=O) groups excluding carboxylic acids is 3. The van der Waals surface area contributed by atoms with E-state index in [0.717, 1.165) is 11.1 Å². The van der Waals surface area contributed by atoms with Gasteiger partial charge in [-0.3, -0.25) is 9.59 Å². The molecule has 0 radical (unpaired) electrons. The van der Waals surface area contributed by atoms with E-state index in [0.29, 0.717) is 12.0 Å². The fourth-order valence-corrected chi connectivity index (χ4v) is 1.41. The highest BCUT2D eigenvalue weighted by atomic mass is 35.5. The van der Waals surface area contributed by atoms with E-state index in [1.165, 1.54) is 14.0 Å². The Morgan fingerprint density at radius 3 is 1.91 bits per heavy atom. The summed E-state index contributed by atoms with van der Waals surface area (Å²) in [4.78, 5) is 31.8. The van der Waals surface area contributed by atoms with E-state index < -0.39 is 0 Å². The average Bonchev–Trinajstić information content (AvgIpc) is 2.50. The molecule has 1 aromatic carbocycles. The molecule has 0 aliphatic rings. The standard InChI is InChI=1S/C12H14O3.C3H5ClO.C2H6/c1-8-6-11(12(14)15-3)5-4-10(8)7-9(2)13;1-3(5)2-4;1-2/h4-6H,7H2,1-3H3;2H2,1H3;1-2H3. The Hall–Kier alpha value is -1.68. The van der Waals surface area contributed by atoms with Crippen molar-refractivity contribution in [1.82, 2.24) is 0 Å².